The van der Waals surface area contributed by atoms with Crippen LogP contribution in [0.1, 0.15) is 26.2 Å². The molecule has 1 N–H and O–H groups in total. The Bertz CT molecular complexity index is 75.0. The van der Waals surface area contributed by atoms with Crippen LogP contribution in [0.15, 0.2) is 0 Å². The van der Waals surface area contributed by atoms with Gasteiger partial charge in [-0.1, -0.05) is 29.0 Å². The molecule has 1 rings (SSSR count). The summed E-state index contributed by atoms with van der Waals surface area (Å²) in [6, 6.07) is 0.730. The molecule has 1 heterocycles. The average Bonchev–Trinajstić information content (AvgIpc) is 1.99. The van der Waals surface area contributed by atoms with Crippen LogP contribution in [0, 0.1) is 0 Å². The van der Waals surface area contributed by atoms with Gasteiger partial charge in [0.1, 0.15) is 0 Å². The van der Waals surface area contributed by atoms with Gasteiger partial charge in [0.15, 0.2) is 0 Å². The maximum absolute atomic E-state index is 3.49. The Morgan fingerprint density at radius 3 is 3.00 bits per heavy atom. The molecule has 0 aromatic rings. The van der Waals surface area contributed by atoms with Gasteiger partial charge < -0.3 is 5.32 Å². The second-order valence-electron chi connectivity index (χ2n) is 2.75. The standard InChI is InChI=1S/C7H14IN/c1-6-7(8)4-2-3-5-9-6/h6-7,9H,2-5H2,1H3/t6-,7+/m0/s1. The van der Waals surface area contributed by atoms with Gasteiger partial charge in [-0.15, -0.1) is 0 Å². The number of rotatable bonds is 0. The van der Waals surface area contributed by atoms with Gasteiger partial charge in [0, 0.05) is 9.97 Å². The Morgan fingerprint density at radius 2 is 2.22 bits per heavy atom. The summed E-state index contributed by atoms with van der Waals surface area (Å²) in [6.45, 7) is 3.50. The highest BCUT2D eigenvalue weighted by Gasteiger charge is 2.14. The summed E-state index contributed by atoms with van der Waals surface area (Å²) in [5.41, 5.74) is 0. The molecular formula is C7H14IN. The molecule has 0 unspecified atom stereocenters. The molecule has 1 nitrogen and oxygen atoms in total. The Kier molecular flexibility index (Phi) is 3.26. The molecule has 0 aliphatic carbocycles. The largest absolute Gasteiger partial charge is 0.313 e. The zero-order valence-corrected chi connectivity index (χ0v) is 8.02. The number of hydrogen-bond acceptors (Lipinski definition) is 1. The third-order valence-corrected chi connectivity index (χ3v) is 3.62. The first-order chi connectivity index (χ1) is 4.30. The summed E-state index contributed by atoms with van der Waals surface area (Å²) >= 11 is 2.55. The maximum atomic E-state index is 3.49. The number of hydrogen-bond donors (Lipinski definition) is 1. The van der Waals surface area contributed by atoms with Crippen LogP contribution >= 0.6 is 22.6 Å². The van der Waals surface area contributed by atoms with Crippen molar-refractivity contribution < 1.29 is 0 Å². The minimum Gasteiger partial charge on any atom is -0.313 e. The molecule has 0 aromatic heterocycles. The van der Waals surface area contributed by atoms with Crippen LogP contribution in [0.5, 0.6) is 0 Å². The number of nitrogens with one attached hydrogen (secondary N) is 1. The van der Waals surface area contributed by atoms with Crippen LogP contribution in [0.3, 0.4) is 0 Å². The average molecular weight is 239 g/mol. The molecule has 1 aliphatic rings. The monoisotopic (exact) mass is 239 g/mol. The van der Waals surface area contributed by atoms with E-state index in [9.17, 15) is 0 Å². The van der Waals surface area contributed by atoms with Crippen LogP contribution < -0.4 is 5.32 Å². The van der Waals surface area contributed by atoms with E-state index < -0.39 is 0 Å². The molecule has 2 atom stereocenters. The summed E-state index contributed by atoms with van der Waals surface area (Å²) in [5.74, 6) is 0. The van der Waals surface area contributed by atoms with E-state index >= 15 is 0 Å². The summed E-state index contributed by atoms with van der Waals surface area (Å²) < 4.78 is 0.852. The first-order valence-corrected chi connectivity index (χ1v) is 4.93. The van der Waals surface area contributed by atoms with E-state index in [0.717, 1.165) is 9.97 Å². The van der Waals surface area contributed by atoms with Crippen LogP contribution in [0.25, 0.3) is 0 Å². The summed E-state index contributed by atoms with van der Waals surface area (Å²) in [6.07, 6.45) is 4.17. The zero-order chi connectivity index (χ0) is 6.69. The lowest BCUT2D eigenvalue weighted by Gasteiger charge is -2.14. The van der Waals surface area contributed by atoms with Crippen molar-refractivity contribution in [1.29, 1.82) is 0 Å². The second kappa shape index (κ2) is 3.76. The molecule has 9 heavy (non-hydrogen) atoms. The molecule has 0 amide bonds. The van der Waals surface area contributed by atoms with Crippen molar-refractivity contribution in [3.8, 4) is 0 Å². The minimum atomic E-state index is 0.730. The number of halogens is 1. The van der Waals surface area contributed by atoms with Crippen molar-refractivity contribution in [1.82, 2.24) is 5.32 Å². The van der Waals surface area contributed by atoms with E-state index in [0.29, 0.717) is 0 Å². The van der Waals surface area contributed by atoms with Crippen molar-refractivity contribution >= 4 is 22.6 Å². The molecule has 1 saturated heterocycles. The van der Waals surface area contributed by atoms with Crippen LogP contribution in [-0.2, 0) is 0 Å². The normalized spacial score (nSPS) is 38.0. The van der Waals surface area contributed by atoms with Crippen molar-refractivity contribution in [2.45, 2.75) is 36.2 Å². The first kappa shape index (κ1) is 7.79. The highest BCUT2D eigenvalue weighted by Crippen LogP contribution is 2.16. The van der Waals surface area contributed by atoms with Crippen LogP contribution in [0.4, 0.5) is 0 Å². The Hall–Kier alpha value is 0.690. The Balaban J connectivity index is 2.32. The van der Waals surface area contributed by atoms with Crippen molar-refractivity contribution in [3.05, 3.63) is 0 Å². The van der Waals surface area contributed by atoms with Crippen molar-refractivity contribution in [2.24, 2.45) is 0 Å². The zero-order valence-electron chi connectivity index (χ0n) is 5.86. The Labute approximate surface area is 70.7 Å². The first-order valence-electron chi connectivity index (χ1n) is 3.68. The van der Waals surface area contributed by atoms with E-state index in [1.165, 1.54) is 25.8 Å². The summed E-state index contributed by atoms with van der Waals surface area (Å²) in [7, 11) is 0. The van der Waals surface area contributed by atoms with Gasteiger partial charge in [0.25, 0.3) is 0 Å². The lowest BCUT2D eigenvalue weighted by Crippen LogP contribution is -2.31. The van der Waals surface area contributed by atoms with E-state index in [-0.39, 0.29) is 0 Å². The minimum absolute atomic E-state index is 0.730. The van der Waals surface area contributed by atoms with Crippen molar-refractivity contribution in [2.75, 3.05) is 6.54 Å². The fraction of sp³-hybridized carbons (Fsp3) is 1.00. The summed E-state index contributed by atoms with van der Waals surface area (Å²) in [4.78, 5) is 0. The lowest BCUT2D eigenvalue weighted by atomic mass is 10.1. The van der Waals surface area contributed by atoms with Gasteiger partial charge in [0.05, 0.1) is 0 Å². The van der Waals surface area contributed by atoms with E-state index in [1.807, 2.05) is 0 Å². The lowest BCUT2D eigenvalue weighted by molar-refractivity contribution is 0.574. The summed E-state index contributed by atoms with van der Waals surface area (Å²) in [5, 5.41) is 3.49. The number of alkyl halides is 1. The topological polar surface area (TPSA) is 12.0 Å². The molecule has 1 aliphatic heterocycles. The highest BCUT2D eigenvalue weighted by molar-refractivity contribution is 14.1. The predicted molar refractivity (Wildman–Crippen MR) is 49.1 cm³/mol. The van der Waals surface area contributed by atoms with Gasteiger partial charge >= 0.3 is 0 Å². The molecule has 0 saturated carbocycles. The van der Waals surface area contributed by atoms with E-state index in [4.69, 9.17) is 0 Å². The maximum Gasteiger partial charge on any atom is 0.0260 e. The van der Waals surface area contributed by atoms with Crippen LogP contribution in [-0.4, -0.2) is 16.5 Å². The van der Waals surface area contributed by atoms with Gasteiger partial charge in [-0.2, -0.15) is 0 Å². The third kappa shape index (κ3) is 2.42. The van der Waals surface area contributed by atoms with Gasteiger partial charge in [-0.05, 0) is 26.3 Å². The van der Waals surface area contributed by atoms with E-state index in [1.54, 1.807) is 0 Å². The highest BCUT2D eigenvalue weighted by atomic mass is 127. The fourth-order valence-electron chi connectivity index (χ4n) is 1.17. The van der Waals surface area contributed by atoms with Crippen molar-refractivity contribution in [3.63, 3.8) is 0 Å². The molecule has 0 aromatic carbocycles. The van der Waals surface area contributed by atoms with Gasteiger partial charge in [0.2, 0.25) is 0 Å². The SMILES string of the molecule is C[C@@H]1NCCCC[C@H]1I. The molecular weight excluding hydrogens is 225 g/mol. The second-order valence-corrected chi connectivity index (χ2v) is 4.35. The molecule has 0 radical (unpaired) electrons. The molecule has 2 heteroatoms. The molecule has 0 spiro atoms. The Morgan fingerprint density at radius 1 is 1.44 bits per heavy atom. The van der Waals surface area contributed by atoms with Gasteiger partial charge in [-0.25, -0.2) is 0 Å². The predicted octanol–water partition coefficient (Wildman–Crippen LogP) is 1.95. The van der Waals surface area contributed by atoms with Crippen LogP contribution in [0.2, 0.25) is 0 Å². The van der Waals surface area contributed by atoms with Gasteiger partial charge in [-0.3, -0.25) is 0 Å². The van der Waals surface area contributed by atoms with E-state index in [2.05, 4.69) is 34.8 Å². The molecule has 54 valence electrons. The molecule has 0 bridgehead atoms. The third-order valence-electron chi connectivity index (χ3n) is 1.92. The fourth-order valence-corrected chi connectivity index (χ4v) is 1.87. The quantitative estimate of drug-likeness (QED) is 0.503. The smallest absolute Gasteiger partial charge is 0.0260 e. The molecule has 1 fully saturated rings.